The predicted octanol–water partition coefficient (Wildman–Crippen LogP) is 0.744. The van der Waals surface area contributed by atoms with Gasteiger partial charge in [-0.15, -0.1) is 0 Å². The molecule has 2 unspecified atom stereocenters. The molecule has 0 bridgehead atoms. The first-order valence-electron chi connectivity index (χ1n) is 5.70. The van der Waals surface area contributed by atoms with Gasteiger partial charge in [0.15, 0.2) is 0 Å². The van der Waals surface area contributed by atoms with Gasteiger partial charge < -0.3 is 14.7 Å². The fourth-order valence-corrected chi connectivity index (χ4v) is 2.49. The summed E-state index contributed by atoms with van der Waals surface area (Å²) in [4.78, 5) is 13.4. The number of carbonyl (C=O) groups excluding carboxylic acids is 1. The average Bonchev–Trinajstić information content (AvgIpc) is 2.41. The SMILES string of the molecule is CC1(CN2CCCCC2)CC(=O)OC1O. The molecule has 2 saturated heterocycles. The van der Waals surface area contributed by atoms with Crippen molar-refractivity contribution in [1.29, 1.82) is 0 Å². The standard InChI is InChI=1S/C11H19NO3/c1-11(7-9(13)15-10(11)14)8-12-5-3-2-4-6-12/h10,14H,2-8H2,1H3. The van der Waals surface area contributed by atoms with Gasteiger partial charge in [-0.25, -0.2) is 0 Å². The van der Waals surface area contributed by atoms with Gasteiger partial charge in [0.2, 0.25) is 6.29 Å². The van der Waals surface area contributed by atoms with Crippen molar-refractivity contribution in [2.24, 2.45) is 5.41 Å². The van der Waals surface area contributed by atoms with Gasteiger partial charge in [0.25, 0.3) is 0 Å². The first-order chi connectivity index (χ1) is 7.10. The topological polar surface area (TPSA) is 49.8 Å². The fraction of sp³-hybridized carbons (Fsp3) is 0.909. The molecule has 2 aliphatic rings. The summed E-state index contributed by atoms with van der Waals surface area (Å²) in [6.45, 7) is 4.85. The van der Waals surface area contributed by atoms with E-state index in [0.717, 1.165) is 19.6 Å². The molecule has 0 aliphatic carbocycles. The summed E-state index contributed by atoms with van der Waals surface area (Å²) in [5.41, 5.74) is -0.408. The molecule has 4 heteroatoms. The van der Waals surface area contributed by atoms with E-state index >= 15 is 0 Å². The molecule has 0 amide bonds. The lowest BCUT2D eigenvalue weighted by Gasteiger charge is -2.34. The van der Waals surface area contributed by atoms with Crippen LogP contribution in [0.15, 0.2) is 0 Å². The molecule has 1 N–H and O–H groups in total. The minimum Gasteiger partial charge on any atom is -0.435 e. The number of nitrogens with zero attached hydrogens (tertiary/aromatic N) is 1. The lowest BCUT2D eigenvalue weighted by atomic mass is 9.87. The number of esters is 1. The van der Waals surface area contributed by atoms with Gasteiger partial charge in [0.1, 0.15) is 0 Å². The van der Waals surface area contributed by atoms with E-state index in [9.17, 15) is 9.90 Å². The van der Waals surface area contributed by atoms with Crippen molar-refractivity contribution in [3.8, 4) is 0 Å². The third-order valence-electron chi connectivity index (χ3n) is 3.42. The van der Waals surface area contributed by atoms with Gasteiger partial charge in [0, 0.05) is 6.54 Å². The molecule has 0 aromatic heterocycles. The van der Waals surface area contributed by atoms with Gasteiger partial charge in [-0.3, -0.25) is 4.79 Å². The van der Waals surface area contributed by atoms with E-state index in [1.807, 2.05) is 6.92 Å². The van der Waals surface area contributed by atoms with Crippen molar-refractivity contribution in [2.75, 3.05) is 19.6 Å². The Kier molecular flexibility index (Phi) is 2.98. The van der Waals surface area contributed by atoms with Crippen LogP contribution in [0.4, 0.5) is 0 Å². The van der Waals surface area contributed by atoms with E-state index in [-0.39, 0.29) is 5.97 Å². The molecule has 2 heterocycles. The third kappa shape index (κ3) is 2.32. The number of ether oxygens (including phenoxy) is 1. The minimum atomic E-state index is -0.924. The minimum absolute atomic E-state index is 0.276. The monoisotopic (exact) mass is 213 g/mol. The Labute approximate surface area is 90.2 Å². The first kappa shape index (κ1) is 10.9. The van der Waals surface area contributed by atoms with Crippen LogP contribution in [0.5, 0.6) is 0 Å². The normalized spacial score (nSPS) is 38.0. The summed E-state index contributed by atoms with van der Waals surface area (Å²) in [7, 11) is 0. The molecular weight excluding hydrogens is 194 g/mol. The smallest absolute Gasteiger partial charge is 0.308 e. The van der Waals surface area contributed by atoms with Crippen molar-refractivity contribution in [3.63, 3.8) is 0 Å². The highest BCUT2D eigenvalue weighted by Crippen LogP contribution is 2.35. The highest BCUT2D eigenvalue weighted by atomic mass is 16.6. The summed E-state index contributed by atoms with van der Waals surface area (Å²) >= 11 is 0. The van der Waals surface area contributed by atoms with Crippen molar-refractivity contribution in [1.82, 2.24) is 4.90 Å². The molecule has 0 spiro atoms. The van der Waals surface area contributed by atoms with E-state index in [0.29, 0.717) is 6.42 Å². The zero-order chi connectivity index (χ0) is 10.9. The van der Waals surface area contributed by atoms with Gasteiger partial charge in [-0.1, -0.05) is 13.3 Å². The number of piperidine rings is 1. The molecule has 15 heavy (non-hydrogen) atoms. The van der Waals surface area contributed by atoms with Crippen LogP contribution in [-0.4, -0.2) is 41.9 Å². The number of aliphatic hydroxyl groups is 1. The van der Waals surface area contributed by atoms with Crippen molar-refractivity contribution < 1.29 is 14.6 Å². The molecule has 0 aromatic carbocycles. The Balaban J connectivity index is 1.94. The van der Waals surface area contributed by atoms with Crippen LogP contribution < -0.4 is 0 Å². The summed E-state index contributed by atoms with van der Waals surface area (Å²) in [6.07, 6.45) is 3.16. The maximum atomic E-state index is 11.1. The van der Waals surface area contributed by atoms with E-state index < -0.39 is 11.7 Å². The highest BCUT2D eigenvalue weighted by Gasteiger charge is 2.45. The van der Waals surface area contributed by atoms with Crippen LogP contribution in [0, 0.1) is 5.41 Å². The van der Waals surface area contributed by atoms with Crippen LogP contribution in [0.2, 0.25) is 0 Å². The van der Waals surface area contributed by atoms with Gasteiger partial charge in [-0.05, 0) is 25.9 Å². The Morgan fingerprint density at radius 1 is 1.47 bits per heavy atom. The second-order valence-corrected chi connectivity index (χ2v) is 5.01. The maximum Gasteiger partial charge on any atom is 0.308 e. The number of rotatable bonds is 2. The molecule has 0 radical (unpaired) electrons. The molecule has 0 saturated carbocycles. The van der Waals surface area contributed by atoms with Crippen molar-refractivity contribution in [2.45, 2.75) is 38.9 Å². The molecular formula is C11H19NO3. The molecule has 4 nitrogen and oxygen atoms in total. The van der Waals surface area contributed by atoms with Gasteiger partial charge >= 0.3 is 5.97 Å². The van der Waals surface area contributed by atoms with E-state index in [2.05, 4.69) is 4.90 Å². The lowest BCUT2D eigenvalue weighted by Crippen LogP contribution is -2.43. The molecule has 0 aromatic rings. The van der Waals surface area contributed by atoms with E-state index in [1.54, 1.807) is 0 Å². The Hall–Kier alpha value is -0.610. The quantitative estimate of drug-likeness (QED) is 0.687. The number of cyclic esters (lactones) is 1. The fourth-order valence-electron chi connectivity index (χ4n) is 2.49. The van der Waals surface area contributed by atoms with Crippen molar-refractivity contribution in [3.05, 3.63) is 0 Å². The Morgan fingerprint density at radius 3 is 2.67 bits per heavy atom. The van der Waals surface area contributed by atoms with Crippen LogP contribution in [0.25, 0.3) is 0 Å². The van der Waals surface area contributed by atoms with Crippen LogP contribution in [-0.2, 0) is 9.53 Å². The highest BCUT2D eigenvalue weighted by molar-refractivity contribution is 5.72. The van der Waals surface area contributed by atoms with E-state index in [1.165, 1.54) is 19.3 Å². The molecule has 86 valence electrons. The Bertz CT molecular complexity index is 250. The second kappa shape index (κ2) is 4.10. The number of carbonyl (C=O) groups is 1. The predicted molar refractivity (Wildman–Crippen MR) is 55.1 cm³/mol. The first-order valence-corrected chi connectivity index (χ1v) is 5.70. The summed E-state index contributed by atoms with van der Waals surface area (Å²) in [5.74, 6) is -0.276. The number of hydrogen-bond donors (Lipinski definition) is 1. The number of likely N-dealkylation sites (tertiary alicyclic amines) is 1. The van der Waals surface area contributed by atoms with E-state index in [4.69, 9.17) is 4.74 Å². The second-order valence-electron chi connectivity index (χ2n) is 5.01. The molecule has 2 rings (SSSR count). The van der Waals surface area contributed by atoms with Crippen LogP contribution in [0.1, 0.15) is 32.6 Å². The molecule has 2 aliphatic heterocycles. The molecule has 2 fully saturated rings. The van der Waals surface area contributed by atoms with Crippen LogP contribution >= 0.6 is 0 Å². The van der Waals surface area contributed by atoms with Gasteiger partial charge in [-0.2, -0.15) is 0 Å². The zero-order valence-electron chi connectivity index (χ0n) is 9.24. The zero-order valence-corrected chi connectivity index (χ0v) is 9.24. The average molecular weight is 213 g/mol. The van der Waals surface area contributed by atoms with Gasteiger partial charge in [0.05, 0.1) is 11.8 Å². The largest absolute Gasteiger partial charge is 0.435 e. The third-order valence-corrected chi connectivity index (χ3v) is 3.42. The van der Waals surface area contributed by atoms with Crippen LogP contribution in [0.3, 0.4) is 0 Å². The lowest BCUT2D eigenvalue weighted by molar-refractivity contribution is -0.161. The maximum absolute atomic E-state index is 11.1. The summed E-state index contributed by atoms with van der Waals surface area (Å²) < 4.78 is 4.81. The van der Waals surface area contributed by atoms with Crippen molar-refractivity contribution >= 4 is 5.97 Å². The summed E-state index contributed by atoms with van der Waals surface area (Å²) in [6, 6.07) is 0. The Morgan fingerprint density at radius 2 is 2.13 bits per heavy atom. The number of aliphatic hydroxyl groups excluding tert-OH is 1. The number of hydrogen-bond acceptors (Lipinski definition) is 4. The summed E-state index contributed by atoms with van der Waals surface area (Å²) in [5, 5.41) is 9.68. The molecule has 2 atom stereocenters.